The van der Waals surface area contributed by atoms with Crippen LogP contribution < -0.4 is 0 Å². The number of aliphatic hydroxyl groups is 1. The normalized spacial score (nSPS) is 21.6. The second-order valence-electron chi connectivity index (χ2n) is 6.82. The van der Waals surface area contributed by atoms with Crippen molar-refractivity contribution in [2.75, 3.05) is 0 Å². The third kappa shape index (κ3) is 2.70. The third-order valence-electron chi connectivity index (χ3n) is 4.61. The van der Waals surface area contributed by atoms with Crippen molar-refractivity contribution in [2.24, 2.45) is 5.41 Å². The van der Waals surface area contributed by atoms with Crippen molar-refractivity contribution < 1.29 is 5.11 Å². The summed E-state index contributed by atoms with van der Waals surface area (Å²) < 4.78 is 1.33. The van der Waals surface area contributed by atoms with Crippen molar-refractivity contribution in [3.8, 4) is 0 Å². The van der Waals surface area contributed by atoms with Crippen LogP contribution in [0.25, 0.3) is 10.1 Å². The second kappa shape index (κ2) is 4.60. The number of benzene rings is 1. The highest BCUT2D eigenvalue weighted by atomic mass is 32.1. The molecule has 1 aromatic carbocycles. The van der Waals surface area contributed by atoms with E-state index in [9.17, 15) is 5.11 Å². The molecule has 1 aliphatic carbocycles. The van der Waals surface area contributed by atoms with Gasteiger partial charge in [-0.05, 0) is 53.5 Å². The van der Waals surface area contributed by atoms with Gasteiger partial charge in [0.1, 0.15) is 0 Å². The van der Waals surface area contributed by atoms with Crippen LogP contribution in [-0.4, -0.2) is 10.7 Å². The molecule has 0 spiro atoms. The number of thiophene rings is 1. The molecule has 2 heteroatoms. The van der Waals surface area contributed by atoms with Gasteiger partial charge in [0.05, 0.1) is 5.60 Å². The Labute approximate surface area is 119 Å². The predicted molar refractivity (Wildman–Crippen MR) is 82.7 cm³/mol. The molecule has 102 valence electrons. The molecule has 1 aliphatic rings. The van der Waals surface area contributed by atoms with Crippen molar-refractivity contribution in [1.82, 2.24) is 0 Å². The Hall–Kier alpha value is -0.860. The van der Waals surface area contributed by atoms with Crippen LogP contribution in [0.3, 0.4) is 0 Å². The highest BCUT2D eigenvalue weighted by Gasteiger charge is 2.36. The van der Waals surface area contributed by atoms with E-state index in [1.165, 1.54) is 15.6 Å². The zero-order valence-electron chi connectivity index (χ0n) is 11.8. The first-order valence-corrected chi connectivity index (χ1v) is 8.03. The van der Waals surface area contributed by atoms with E-state index in [1.807, 2.05) is 0 Å². The van der Waals surface area contributed by atoms with Crippen molar-refractivity contribution in [3.05, 3.63) is 35.2 Å². The first kappa shape index (κ1) is 13.1. The zero-order chi connectivity index (χ0) is 13.5. The fourth-order valence-electron chi connectivity index (χ4n) is 3.09. The van der Waals surface area contributed by atoms with Gasteiger partial charge in [0.25, 0.3) is 0 Å². The molecule has 0 amide bonds. The van der Waals surface area contributed by atoms with Crippen molar-refractivity contribution in [2.45, 2.75) is 51.6 Å². The van der Waals surface area contributed by atoms with Gasteiger partial charge in [-0.15, -0.1) is 11.3 Å². The van der Waals surface area contributed by atoms with E-state index in [2.05, 4.69) is 43.5 Å². The van der Waals surface area contributed by atoms with Gasteiger partial charge in [-0.1, -0.05) is 32.0 Å². The maximum atomic E-state index is 10.8. The van der Waals surface area contributed by atoms with Crippen LogP contribution in [-0.2, 0) is 6.42 Å². The van der Waals surface area contributed by atoms with Crippen LogP contribution in [0.1, 0.15) is 45.1 Å². The Morgan fingerprint density at radius 1 is 1.11 bits per heavy atom. The SMILES string of the molecule is CC1(C)CCC(O)(Cc2csc3ccccc23)CC1. The summed E-state index contributed by atoms with van der Waals surface area (Å²) in [4.78, 5) is 0. The highest BCUT2D eigenvalue weighted by molar-refractivity contribution is 7.17. The van der Waals surface area contributed by atoms with E-state index in [4.69, 9.17) is 0 Å². The molecule has 2 aromatic rings. The summed E-state index contributed by atoms with van der Waals surface area (Å²) >= 11 is 1.79. The average molecular weight is 274 g/mol. The van der Waals surface area contributed by atoms with Gasteiger partial charge in [-0.2, -0.15) is 0 Å². The standard InChI is InChI=1S/C17H22OS/c1-16(2)7-9-17(18,10-8-16)11-13-12-19-15-6-4-3-5-14(13)15/h3-6,12,18H,7-11H2,1-2H3. The van der Waals surface area contributed by atoms with Crippen molar-refractivity contribution >= 4 is 21.4 Å². The first-order chi connectivity index (χ1) is 8.98. The molecule has 0 aliphatic heterocycles. The molecular formula is C17H22OS. The van der Waals surface area contributed by atoms with Crippen LogP contribution in [0.15, 0.2) is 29.6 Å². The molecule has 0 bridgehead atoms. The van der Waals surface area contributed by atoms with Crippen molar-refractivity contribution in [3.63, 3.8) is 0 Å². The highest BCUT2D eigenvalue weighted by Crippen LogP contribution is 2.42. The lowest BCUT2D eigenvalue weighted by Gasteiger charge is -2.40. The molecule has 1 fully saturated rings. The Balaban J connectivity index is 1.81. The molecule has 19 heavy (non-hydrogen) atoms. The minimum Gasteiger partial charge on any atom is -0.390 e. The fourth-order valence-corrected chi connectivity index (χ4v) is 4.06. The molecule has 0 unspecified atom stereocenters. The largest absolute Gasteiger partial charge is 0.390 e. The van der Waals surface area contributed by atoms with Gasteiger partial charge in [-0.25, -0.2) is 0 Å². The molecule has 1 saturated carbocycles. The molecule has 1 N–H and O–H groups in total. The third-order valence-corrected chi connectivity index (χ3v) is 5.63. The predicted octanol–water partition coefficient (Wildman–Crippen LogP) is 4.78. The summed E-state index contributed by atoms with van der Waals surface area (Å²) in [6.07, 6.45) is 4.94. The molecule has 0 atom stereocenters. The summed E-state index contributed by atoms with van der Waals surface area (Å²) in [5, 5.41) is 14.4. The minimum atomic E-state index is -0.487. The van der Waals surface area contributed by atoms with E-state index in [0.29, 0.717) is 5.41 Å². The number of rotatable bonds is 2. The molecule has 1 aromatic heterocycles. The lowest BCUT2D eigenvalue weighted by Crippen LogP contribution is -2.38. The molecule has 1 heterocycles. The fraction of sp³-hybridized carbons (Fsp3) is 0.529. The lowest BCUT2D eigenvalue weighted by atomic mass is 9.69. The van der Waals surface area contributed by atoms with Crippen molar-refractivity contribution in [1.29, 1.82) is 0 Å². The van der Waals surface area contributed by atoms with Gasteiger partial charge in [0, 0.05) is 11.1 Å². The lowest BCUT2D eigenvalue weighted by molar-refractivity contribution is -0.0248. The van der Waals surface area contributed by atoms with Gasteiger partial charge >= 0.3 is 0 Å². The van der Waals surface area contributed by atoms with Gasteiger partial charge in [0.2, 0.25) is 0 Å². The topological polar surface area (TPSA) is 20.2 Å². The van der Waals surface area contributed by atoms with Crippen LogP contribution in [0, 0.1) is 5.41 Å². The summed E-state index contributed by atoms with van der Waals surface area (Å²) in [5.41, 5.74) is 1.24. The Kier molecular flexibility index (Phi) is 3.18. The van der Waals surface area contributed by atoms with E-state index in [-0.39, 0.29) is 0 Å². The smallest absolute Gasteiger partial charge is 0.0688 e. The van der Waals surface area contributed by atoms with Crippen LogP contribution >= 0.6 is 11.3 Å². The van der Waals surface area contributed by atoms with Crippen LogP contribution in [0.2, 0.25) is 0 Å². The van der Waals surface area contributed by atoms with E-state index in [1.54, 1.807) is 11.3 Å². The van der Waals surface area contributed by atoms with E-state index >= 15 is 0 Å². The van der Waals surface area contributed by atoms with Gasteiger partial charge < -0.3 is 5.11 Å². The van der Waals surface area contributed by atoms with Gasteiger partial charge in [-0.3, -0.25) is 0 Å². The van der Waals surface area contributed by atoms with E-state index in [0.717, 1.165) is 32.1 Å². The Morgan fingerprint density at radius 3 is 2.53 bits per heavy atom. The quantitative estimate of drug-likeness (QED) is 0.836. The summed E-state index contributed by atoms with van der Waals surface area (Å²) in [6, 6.07) is 8.52. The van der Waals surface area contributed by atoms with E-state index < -0.39 is 5.60 Å². The molecule has 3 rings (SSSR count). The molecule has 0 saturated heterocycles. The van der Waals surface area contributed by atoms with Crippen LogP contribution in [0.4, 0.5) is 0 Å². The van der Waals surface area contributed by atoms with Gasteiger partial charge in [0.15, 0.2) is 0 Å². The average Bonchev–Trinajstić information content (AvgIpc) is 2.78. The first-order valence-electron chi connectivity index (χ1n) is 7.15. The Morgan fingerprint density at radius 2 is 1.79 bits per heavy atom. The number of hydrogen-bond donors (Lipinski definition) is 1. The Bertz CT molecular complexity index is 572. The zero-order valence-corrected chi connectivity index (χ0v) is 12.6. The maximum Gasteiger partial charge on any atom is 0.0688 e. The number of hydrogen-bond acceptors (Lipinski definition) is 2. The summed E-state index contributed by atoms with van der Waals surface area (Å²) in [6.45, 7) is 4.62. The summed E-state index contributed by atoms with van der Waals surface area (Å²) in [7, 11) is 0. The molecule has 0 radical (unpaired) electrons. The number of fused-ring (bicyclic) bond motifs is 1. The monoisotopic (exact) mass is 274 g/mol. The summed E-state index contributed by atoms with van der Waals surface area (Å²) in [5.74, 6) is 0. The maximum absolute atomic E-state index is 10.8. The molecular weight excluding hydrogens is 252 g/mol. The van der Waals surface area contributed by atoms with Crippen LogP contribution in [0.5, 0.6) is 0 Å². The second-order valence-corrected chi connectivity index (χ2v) is 7.73. The molecule has 1 nitrogen and oxygen atoms in total. The minimum absolute atomic E-state index is 0.406.